The summed E-state index contributed by atoms with van der Waals surface area (Å²) < 4.78 is 40.7. The first-order valence-corrected chi connectivity index (χ1v) is 6.86. The lowest BCUT2D eigenvalue weighted by Crippen LogP contribution is -2.28. The Hall–Kier alpha value is -2.00. The molecule has 0 saturated carbocycles. The van der Waals surface area contributed by atoms with Crippen LogP contribution in [0.15, 0.2) is 35.5 Å². The van der Waals surface area contributed by atoms with Crippen LogP contribution in [0.5, 0.6) is 0 Å². The smallest absolute Gasteiger partial charge is 0.242 e. The van der Waals surface area contributed by atoms with Gasteiger partial charge in [0.15, 0.2) is 0 Å². The number of sulfonamides is 1. The number of hydrogen-bond acceptors (Lipinski definition) is 5. The molecule has 19 heavy (non-hydrogen) atoms. The lowest BCUT2D eigenvalue weighted by Gasteiger charge is -2.09. The van der Waals surface area contributed by atoms with Crippen LogP contribution in [0.2, 0.25) is 0 Å². The van der Waals surface area contributed by atoms with Crippen LogP contribution in [0.4, 0.5) is 10.1 Å². The average molecular weight is 285 g/mol. The van der Waals surface area contributed by atoms with Gasteiger partial charge in [0, 0.05) is 12.7 Å². The molecule has 0 amide bonds. The molecule has 0 radical (unpaired) electrons. The molecule has 0 spiro atoms. The maximum atomic E-state index is 13.1. The third kappa shape index (κ3) is 3.26. The highest BCUT2D eigenvalue weighted by atomic mass is 32.2. The first-order valence-electron chi connectivity index (χ1n) is 5.38. The summed E-state index contributed by atoms with van der Waals surface area (Å²) >= 11 is 0. The van der Waals surface area contributed by atoms with Gasteiger partial charge in [-0.3, -0.25) is 4.68 Å². The van der Waals surface area contributed by atoms with E-state index in [2.05, 4.69) is 15.0 Å². The van der Waals surface area contributed by atoms with Gasteiger partial charge in [-0.15, -0.1) is 5.10 Å². The summed E-state index contributed by atoms with van der Waals surface area (Å²) in [4.78, 5) is -0.272. The number of halogens is 1. The number of hydrogen-bond donors (Lipinski definition) is 2. The Morgan fingerprint density at radius 2 is 2.21 bits per heavy atom. The predicted octanol–water partition coefficient (Wildman–Crippen LogP) is -0.0221. The molecule has 3 N–H and O–H groups in total. The van der Waals surface area contributed by atoms with Gasteiger partial charge < -0.3 is 5.73 Å². The maximum Gasteiger partial charge on any atom is 0.242 e. The third-order valence-electron chi connectivity index (χ3n) is 2.37. The Morgan fingerprint density at radius 3 is 2.89 bits per heavy atom. The summed E-state index contributed by atoms with van der Waals surface area (Å²) in [7, 11) is -3.84. The fourth-order valence-corrected chi connectivity index (χ4v) is 2.63. The molecule has 0 saturated heterocycles. The van der Waals surface area contributed by atoms with E-state index in [4.69, 9.17) is 5.73 Å². The zero-order valence-electron chi connectivity index (χ0n) is 9.82. The summed E-state index contributed by atoms with van der Waals surface area (Å²) in [6.07, 6.45) is 3.09. The number of aromatic nitrogens is 3. The predicted molar refractivity (Wildman–Crippen MR) is 66.0 cm³/mol. The summed E-state index contributed by atoms with van der Waals surface area (Å²) in [6.45, 7) is 0.413. The van der Waals surface area contributed by atoms with Gasteiger partial charge >= 0.3 is 0 Å². The topological polar surface area (TPSA) is 103 Å². The molecule has 0 aliphatic rings. The highest BCUT2D eigenvalue weighted by Crippen LogP contribution is 2.18. The van der Waals surface area contributed by atoms with Crippen molar-refractivity contribution in [3.05, 3.63) is 36.4 Å². The first-order chi connectivity index (χ1) is 8.99. The number of nitrogens with zero attached hydrogens (tertiary/aromatic N) is 3. The molecule has 0 aliphatic heterocycles. The molecule has 0 aliphatic carbocycles. The zero-order valence-corrected chi connectivity index (χ0v) is 10.6. The van der Waals surface area contributed by atoms with Gasteiger partial charge in [-0.1, -0.05) is 5.21 Å². The van der Waals surface area contributed by atoms with Gasteiger partial charge in [-0.05, 0) is 18.2 Å². The highest BCUT2D eigenvalue weighted by molar-refractivity contribution is 7.89. The maximum absolute atomic E-state index is 13.1. The Balaban J connectivity index is 2.07. The fraction of sp³-hybridized carbons (Fsp3) is 0.200. The molecule has 1 heterocycles. The van der Waals surface area contributed by atoms with Gasteiger partial charge in [-0.2, -0.15) is 0 Å². The molecule has 102 valence electrons. The van der Waals surface area contributed by atoms with Crippen LogP contribution >= 0.6 is 0 Å². The second-order valence-electron chi connectivity index (χ2n) is 3.75. The van der Waals surface area contributed by atoms with E-state index in [0.717, 1.165) is 12.1 Å². The van der Waals surface area contributed by atoms with Crippen molar-refractivity contribution in [3.63, 3.8) is 0 Å². The van der Waals surface area contributed by atoms with Gasteiger partial charge in [0.1, 0.15) is 10.7 Å². The van der Waals surface area contributed by atoms with Crippen molar-refractivity contribution < 1.29 is 12.8 Å². The van der Waals surface area contributed by atoms with Gasteiger partial charge in [0.05, 0.1) is 18.4 Å². The first kappa shape index (κ1) is 13.4. The number of anilines is 1. The van der Waals surface area contributed by atoms with Crippen molar-refractivity contribution in [2.24, 2.45) is 0 Å². The quantitative estimate of drug-likeness (QED) is 0.751. The van der Waals surface area contributed by atoms with E-state index < -0.39 is 15.8 Å². The molecule has 9 heteroatoms. The monoisotopic (exact) mass is 285 g/mol. The van der Waals surface area contributed by atoms with Crippen molar-refractivity contribution in [1.29, 1.82) is 0 Å². The average Bonchev–Trinajstić information content (AvgIpc) is 2.85. The second-order valence-corrected chi connectivity index (χ2v) is 5.48. The lowest BCUT2D eigenvalue weighted by atomic mass is 10.3. The summed E-state index contributed by atoms with van der Waals surface area (Å²) in [5.41, 5.74) is 5.52. The van der Waals surface area contributed by atoms with Gasteiger partial charge in [-0.25, -0.2) is 17.5 Å². The third-order valence-corrected chi connectivity index (χ3v) is 3.89. The Morgan fingerprint density at radius 1 is 1.42 bits per heavy atom. The van der Waals surface area contributed by atoms with Crippen LogP contribution < -0.4 is 10.5 Å². The van der Waals surface area contributed by atoms with Crippen molar-refractivity contribution in [2.45, 2.75) is 11.4 Å². The molecular weight excluding hydrogens is 273 g/mol. The Labute approximate surface area is 109 Å². The molecule has 0 fully saturated rings. The molecule has 7 nitrogen and oxygen atoms in total. The number of rotatable bonds is 5. The van der Waals surface area contributed by atoms with E-state index in [1.165, 1.54) is 16.9 Å². The summed E-state index contributed by atoms with van der Waals surface area (Å²) in [6, 6.07) is 3.19. The van der Waals surface area contributed by atoms with Crippen molar-refractivity contribution in [2.75, 3.05) is 12.3 Å². The highest BCUT2D eigenvalue weighted by Gasteiger charge is 2.17. The van der Waals surface area contributed by atoms with E-state index >= 15 is 0 Å². The van der Waals surface area contributed by atoms with E-state index in [0.29, 0.717) is 6.54 Å². The van der Waals surface area contributed by atoms with Gasteiger partial charge in [0.25, 0.3) is 0 Å². The molecule has 2 aromatic rings. The van der Waals surface area contributed by atoms with E-state index in [1.54, 1.807) is 6.20 Å². The minimum Gasteiger partial charge on any atom is -0.398 e. The standard InChI is InChI=1S/C10H12FN5O2S/c11-8-1-2-9(12)10(7-8)19(17,18)14-4-6-16-5-3-13-15-16/h1-3,5,7,14H,4,6,12H2. The van der Waals surface area contributed by atoms with Crippen molar-refractivity contribution in [3.8, 4) is 0 Å². The Bertz CT molecular complexity index is 657. The molecule has 0 unspecified atom stereocenters. The fourth-order valence-electron chi connectivity index (χ4n) is 1.47. The van der Waals surface area contributed by atoms with Gasteiger partial charge in [0.2, 0.25) is 10.0 Å². The minimum absolute atomic E-state index is 0.00495. The number of nitrogens with one attached hydrogen (secondary N) is 1. The van der Waals surface area contributed by atoms with E-state index in [1.807, 2.05) is 0 Å². The molecule has 0 atom stereocenters. The van der Waals surface area contributed by atoms with E-state index in [-0.39, 0.29) is 17.1 Å². The second kappa shape index (κ2) is 5.33. The van der Waals surface area contributed by atoms with Crippen LogP contribution in [0.3, 0.4) is 0 Å². The van der Waals surface area contributed by atoms with Crippen LogP contribution in [0.1, 0.15) is 0 Å². The van der Waals surface area contributed by atoms with Crippen molar-refractivity contribution >= 4 is 15.7 Å². The summed E-state index contributed by atoms with van der Waals surface area (Å²) in [5, 5.41) is 7.27. The lowest BCUT2D eigenvalue weighted by molar-refractivity contribution is 0.551. The van der Waals surface area contributed by atoms with E-state index in [9.17, 15) is 12.8 Å². The van der Waals surface area contributed by atoms with Crippen LogP contribution in [0, 0.1) is 5.82 Å². The Kier molecular flexibility index (Phi) is 3.76. The largest absolute Gasteiger partial charge is 0.398 e. The number of nitrogens with two attached hydrogens (primary N) is 1. The minimum atomic E-state index is -3.84. The normalized spacial score (nSPS) is 11.6. The molecular formula is C10H12FN5O2S. The van der Waals surface area contributed by atoms with Crippen LogP contribution in [0.25, 0.3) is 0 Å². The number of benzene rings is 1. The molecule has 0 bridgehead atoms. The number of nitrogen functional groups attached to an aromatic ring is 1. The zero-order chi connectivity index (χ0) is 13.9. The molecule has 1 aromatic carbocycles. The van der Waals surface area contributed by atoms with Crippen molar-refractivity contribution in [1.82, 2.24) is 19.7 Å². The van der Waals surface area contributed by atoms with Crippen LogP contribution in [-0.2, 0) is 16.6 Å². The molecule has 2 rings (SSSR count). The van der Waals surface area contributed by atoms with Crippen LogP contribution in [-0.4, -0.2) is 30.0 Å². The SMILES string of the molecule is Nc1ccc(F)cc1S(=O)(=O)NCCn1ccnn1. The summed E-state index contributed by atoms with van der Waals surface area (Å²) in [5.74, 6) is -0.661. The molecule has 1 aromatic heterocycles.